The van der Waals surface area contributed by atoms with Gasteiger partial charge in [-0.15, -0.1) is 0 Å². The zero-order valence-corrected chi connectivity index (χ0v) is 10.4. The van der Waals surface area contributed by atoms with Gasteiger partial charge in [0.15, 0.2) is 0 Å². The minimum absolute atomic E-state index is 0.143. The molecule has 0 spiro atoms. The number of carbonyl (C=O) groups excluding carboxylic acids is 2. The molecule has 2 nitrogen and oxygen atoms in total. The Labute approximate surface area is 103 Å². The summed E-state index contributed by atoms with van der Waals surface area (Å²) in [7, 11) is 0. The molecule has 2 atom stereocenters. The lowest BCUT2D eigenvalue weighted by Gasteiger charge is -2.16. The van der Waals surface area contributed by atoms with Crippen LogP contribution >= 0.6 is 0 Å². The van der Waals surface area contributed by atoms with Crippen LogP contribution in [0.5, 0.6) is 0 Å². The van der Waals surface area contributed by atoms with Gasteiger partial charge in [-0.05, 0) is 39.0 Å². The number of allylic oxidation sites excluding steroid dienone is 4. The van der Waals surface area contributed by atoms with Crippen molar-refractivity contribution < 1.29 is 9.59 Å². The Balaban J connectivity index is 1.84. The van der Waals surface area contributed by atoms with Crippen LogP contribution in [0.4, 0.5) is 0 Å². The molecule has 2 heteroatoms. The van der Waals surface area contributed by atoms with Crippen molar-refractivity contribution in [1.29, 1.82) is 0 Å². The maximum Gasteiger partial charge on any atom is 0.140 e. The fourth-order valence-electron chi connectivity index (χ4n) is 2.70. The largest absolute Gasteiger partial charge is 0.300 e. The van der Waals surface area contributed by atoms with Gasteiger partial charge in [-0.3, -0.25) is 9.59 Å². The van der Waals surface area contributed by atoms with E-state index in [0.29, 0.717) is 12.2 Å². The summed E-state index contributed by atoms with van der Waals surface area (Å²) in [5, 5.41) is 0. The zero-order chi connectivity index (χ0) is 12.3. The number of hydrogen-bond donors (Lipinski definition) is 0. The van der Waals surface area contributed by atoms with E-state index in [2.05, 4.69) is 18.2 Å². The summed E-state index contributed by atoms with van der Waals surface area (Å²) in [6.45, 7) is 1.65. The lowest BCUT2D eigenvalue weighted by atomic mass is 9.87. The number of hydrogen-bond acceptors (Lipinski definition) is 2. The second-order valence-corrected chi connectivity index (χ2v) is 5.23. The molecule has 0 bridgehead atoms. The Hall–Kier alpha value is -1.18. The summed E-state index contributed by atoms with van der Waals surface area (Å²) >= 11 is 0. The monoisotopic (exact) mass is 232 g/mol. The summed E-state index contributed by atoms with van der Waals surface area (Å²) in [4.78, 5) is 23.3. The van der Waals surface area contributed by atoms with Gasteiger partial charge in [-0.2, -0.15) is 0 Å². The van der Waals surface area contributed by atoms with Crippen molar-refractivity contribution in [1.82, 2.24) is 0 Å². The Kier molecular flexibility index (Phi) is 3.93. The molecule has 0 N–H and O–H groups in total. The summed E-state index contributed by atoms with van der Waals surface area (Å²) in [5.41, 5.74) is 1.18. The molecule has 2 rings (SSSR count). The van der Waals surface area contributed by atoms with E-state index in [1.807, 2.05) is 0 Å². The van der Waals surface area contributed by atoms with Crippen LogP contribution in [0.1, 0.15) is 45.4 Å². The predicted octanol–water partition coefficient (Wildman–Crippen LogP) is 3.23. The summed E-state index contributed by atoms with van der Waals surface area (Å²) in [6.07, 6.45) is 11.5. The van der Waals surface area contributed by atoms with Crippen molar-refractivity contribution in [3.05, 3.63) is 23.8 Å². The molecule has 2 aliphatic carbocycles. The van der Waals surface area contributed by atoms with Gasteiger partial charge in [-0.1, -0.05) is 23.8 Å². The molecule has 17 heavy (non-hydrogen) atoms. The number of rotatable bonds is 4. The molecule has 0 aromatic carbocycles. The number of carbonyl (C=O) groups is 2. The Morgan fingerprint density at radius 3 is 2.65 bits per heavy atom. The van der Waals surface area contributed by atoms with Crippen LogP contribution in [0.3, 0.4) is 0 Å². The summed E-state index contributed by atoms with van der Waals surface area (Å²) in [6, 6.07) is 0. The smallest absolute Gasteiger partial charge is 0.140 e. The van der Waals surface area contributed by atoms with E-state index >= 15 is 0 Å². The molecule has 0 aliphatic heterocycles. The van der Waals surface area contributed by atoms with Gasteiger partial charge >= 0.3 is 0 Å². The average Bonchev–Trinajstić information content (AvgIpc) is 2.79. The van der Waals surface area contributed by atoms with E-state index in [0.717, 1.165) is 32.1 Å². The first-order valence-electron chi connectivity index (χ1n) is 6.53. The Bertz CT molecular complexity index is 376. The lowest BCUT2D eigenvalue weighted by molar-refractivity contribution is -0.123. The van der Waals surface area contributed by atoms with Crippen LogP contribution in [0, 0.1) is 11.8 Å². The van der Waals surface area contributed by atoms with Gasteiger partial charge in [0.2, 0.25) is 0 Å². The third-order valence-corrected chi connectivity index (χ3v) is 3.90. The molecule has 0 heterocycles. The van der Waals surface area contributed by atoms with Gasteiger partial charge in [-0.25, -0.2) is 0 Å². The third-order valence-electron chi connectivity index (χ3n) is 3.90. The fraction of sp³-hybridized carbons (Fsp3) is 0.600. The Morgan fingerprint density at radius 2 is 2.06 bits per heavy atom. The van der Waals surface area contributed by atoms with E-state index in [1.165, 1.54) is 5.57 Å². The standard InChI is InChI=1S/C15H20O2/c1-11(16)14-8-7-12(9-14)10-15(17)13-5-3-2-4-6-13/h2-3,7,13-14H,4-6,8-10H2,1H3. The average molecular weight is 232 g/mol. The van der Waals surface area contributed by atoms with E-state index < -0.39 is 0 Å². The highest BCUT2D eigenvalue weighted by Crippen LogP contribution is 2.30. The highest BCUT2D eigenvalue weighted by Gasteiger charge is 2.25. The predicted molar refractivity (Wildman–Crippen MR) is 67.6 cm³/mol. The van der Waals surface area contributed by atoms with E-state index in [-0.39, 0.29) is 17.6 Å². The Morgan fingerprint density at radius 1 is 1.24 bits per heavy atom. The molecule has 0 radical (unpaired) electrons. The van der Waals surface area contributed by atoms with Crippen LogP contribution in [0.25, 0.3) is 0 Å². The van der Waals surface area contributed by atoms with Crippen molar-refractivity contribution in [2.24, 2.45) is 11.8 Å². The van der Waals surface area contributed by atoms with E-state index in [9.17, 15) is 9.59 Å². The molecule has 0 saturated heterocycles. The van der Waals surface area contributed by atoms with Gasteiger partial charge in [0.1, 0.15) is 11.6 Å². The second-order valence-electron chi connectivity index (χ2n) is 5.23. The first-order valence-corrected chi connectivity index (χ1v) is 6.53. The highest BCUT2D eigenvalue weighted by molar-refractivity contribution is 5.84. The minimum atomic E-state index is 0.143. The van der Waals surface area contributed by atoms with Gasteiger partial charge in [0.25, 0.3) is 0 Å². The summed E-state index contributed by atoms with van der Waals surface area (Å²) < 4.78 is 0. The quantitative estimate of drug-likeness (QED) is 0.697. The minimum Gasteiger partial charge on any atom is -0.300 e. The third kappa shape index (κ3) is 3.15. The van der Waals surface area contributed by atoms with Crippen LogP contribution in [-0.4, -0.2) is 11.6 Å². The van der Waals surface area contributed by atoms with Gasteiger partial charge in [0.05, 0.1) is 0 Å². The molecule has 92 valence electrons. The second kappa shape index (κ2) is 5.44. The number of Topliss-reactive ketones (excluding diaryl/α,β-unsaturated/α-hetero) is 2. The van der Waals surface area contributed by atoms with Crippen molar-refractivity contribution in [3.63, 3.8) is 0 Å². The normalized spacial score (nSPS) is 27.9. The topological polar surface area (TPSA) is 34.1 Å². The number of ketones is 2. The SMILES string of the molecule is CC(=O)C1CC=C(CC(=O)C2CC=CCC2)C1. The van der Waals surface area contributed by atoms with Crippen molar-refractivity contribution in [2.75, 3.05) is 0 Å². The molecular weight excluding hydrogens is 212 g/mol. The molecule has 0 saturated carbocycles. The molecule has 2 aliphatic rings. The van der Waals surface area contributed by atoms with Gasteiger partial charge < -0.3 is 0 Å². The van der Waals surface area contributed by atoms with Crippen LogP contribution in [0.2, 0.25) is 0 Å². The highest BCUT2D eigenvalue weighted by atomic mass is 16.1. The molecule has 0 fully saturated rings. The fourth-order valence-corrected chi connectivity index (χ4v) is 2.70. The first kappa shape index (κ1) is 12.3. The van der Waals surface area contributed by atoms with Crippen molar-refractivity contribution in [3.8, 4) is 0 Å². The van der Waals surface area contributed by atoms with Crippen molar-refractivity contribution >= 4 is 11.6 Å². The summed E-state index contributed by atoms with van der Waals surface area (Å²) in [5.74, 6) is 0.982. The van der Waals surface area contributed by atoms with E-state index in [4.69, 9.17) is 0 Å². The van der Waals surface area contributed by atoms with Crippen molar-refractivity contribution in [2.45, 2.75) is 45.4 Å². The van der Waals surface area contributed by atoms with Crippen LogP contribution in [-0.2, 0) is 9.59 Å². The maximum atomic E-state index is 12.1. The van der Waals surface area contributed by atoms with Crippen LogP contribution in [0.15, 0.2) is 23.8 Å². The molecule has 0 aromatic heterocycles. The maximum absolute atomic E-state index is 12.1. The molecule has 2 unspecified atom stereocenters. The van der Waals surface area contributed by atoms with Crippen LogP contribution < -0.4 is 0 Å². The molecular formula is C15H20O2. The lowest BCUT2D eigenvalue weighted by Crippen LogP contribution is -2.16. The van der Waals surface area contributed by atoms with E-state index in [1.54, 1.807) is 6.92 Å². The van der Waals surface area contributed by atoms with Gasteiger partial charge in [0, 0.05) is 18.3 Å². The molecule has 0 aromatic rings. The first-order chi connectivity index (χ1) is 8.16. The zero-order valence-electron chi connectivity index (χ0n) is 10.4. The molecule has 0 amide bonds.